The smallest absolute Gasteiger partial charge is 0.255 e. The van der Waals surface area contributed by atoms with E-state index in [0.717, 1.165) is 5.69 Å². The Kier molecular flexibility index (Phi) is 3.75. The summed E-state index contributed by atoms with van der Waals surface area (Å²) in [6.07, 6.45) is 0.976. The quantitative estimate of drug-likeness (QED) is 0.556. The molecule has 9 nitrogen and oxygen atoms in total. The van der Waals surface area contributed by atoms with Gasteiger partial charge in [-0.3, -0.25) is 24.9 Å². The number of nitrogens with one attached hydrogen (secondary N) is 2. The summed E-state index contributed by atoms with van der Waals surface area (Å²) in [4.78, 5) is 35.4. The van der Waals surface area contributed by atoms with E-state index >= 15 is 0 Å². The van der Waals surface area contributed by atoms with Crippen LogP contribution in [0.25, 0.3) is 0 Å². The molecule has 3 rings (SSSR count). The molecule has 2 aliphatic heterocycles. The van der Waals surface area contributed by atoms with Gasteiger partial charge in [0.2, 0.25) is 5.91 Å². The van der Waals surface area contributed by atoms with Crippen LogP contribution in [0.5, 0.6) is 0 Å². The molecule has 0 aromatic heterocycles. The number of primary amides is 1. The van der Waals surface area contributed by atoms with Crippen molar-refractivity contribution < 1.29 is 9.59 Å². The Hall–Kier alpha value is -3.23. The molecular formula is C14H15N7O2. The Morgan fingerprint density at radius 3 is 2.70 bits per heavy atom. The van der Waals surface area contributed by atoms with Crippen LogP contribution >= 0.6 is 0 Å². The summed E-state index contributed by atoms with van der Waals surface area (Å²) in [6.45, 7) is 0.384. The zero-order valence-corrected chi connectivity index (χ0v) is 12.1. The number of carbonyl (C=O) groups excluding carboxylic acids is 2. The highest BCUT2D eigenvalue weighted by molar-refractivity contribution is 6.33. The van der Waals surface area contributed by atoms with Gasteiger partial charge in [0.05, 0.1) is 12.3 Å². The summed E-state index contributed by atoms with van der Waals surface area (Å²) in [5.41, 5.74) is 12.5. The normalized spacial score (nSPS) is 22.5. The van der Waals surface area contributed by atoms with Crippen molar-refractivity contribution in [1.82, 2.24) is 5.32 Å². The van der Waals surface area contributed by atoms with Crippen molar-refractivity contribution in [2.75, 3.05) is 11.9 Å². The minimum atomic E-state index is -0.693. The van der Waals surface area contributed by atoms with Crippen molar-refractivity contribution >= 4 is 35.4 Å². The highest BCUT2D eigenvalue weighted by atomic mass is 16.2. The number of amides is 2. The van der Waals surface area contributed by atoms with Crippen LogP contribution in [0.3, 0.4) is 0 Å². The maximum absolute atomic E-state index is 11.8. The fraction of sp³-hybridized carbons (Fsp3) is 0.214. The first-order valence-electron chi connectivity index (χ1n) is 6.90. The Labute approximate surface area is 131 Å². The molecule has 2 atom stereocenters. The molecule has 1 aromatic carbocycles. The van der Waals surface area contributed by atoms with Crippen LogP contribution in [-0.4, -0.2) is 48.5 Å². The minimum absolute atomic E-state index is 0.0553. The fourth-order valence-corrected chi connectivity index (χ4v) is 2.23. The van der Waals surface area contributed by atoms with Crippen LogP contribution in [0, 0.1) is 0 Å². The third-order valence-electron chi connectivity index (χ3n) is 3.40. The predicted octanol–water partition coefficient (Wildman–Crippen LogP) is -1.14. The van der Waals surface area contributed by atoms with Crippen molar-refractivity contribution in [3.05, 3.63) is 29.8 Å². The van der Waals surface area contributed by atoms with E-state index in [1.54, 1.807) is 30.5 Å². The van der Waals surface area contributed by atoms with E-state index in [4.69, 9.17) is 11.5 Å². The van der Waals surface area contributed by atoms with Gasteiger partial charge in [0, 0.05) is 17.5 Å². The highest BCUT2D eigenvalue weighted by Crippen LogP contribution is 2.14. The summed E-state index contributed by atoms with van der Waals surface area (Å²) >= 11 is 0. The van der Waals surface area contributed by atoms with Crippen LogP contribution < -0.4 is 22.1 Å². The molecule has 23 heavy (non-hydrogen) atoms. The van der Waals surface area contributed by atoms with E-state index in [0.29, 0.717) is 17.8 Å². The molecule has 0 radical (unpaired) electrons. The standard InChI is InChI=1S/C14H15N7O2/c15-11(22)7-1-3-8(4-2-7)17-5-9-6-18-12-10(19-9)13(23)21-14(16)20-12/h1-4,6,10,12,17H,5H2,(H2,15,22)(H3,16,20,21,23). The molecule has 2 aliphatic rings. The lowest BCUT2D eigenvalue weighted by Gasteiger charge is -2.25. The van der Waals surface area contributed by atoms with Crippen molar-refractivity contribution in [2.24, 2.45) is 26.4 Å². The van der Waals surface area contributed by atoms with E-state index in [2.05, 4.69) is 25.6 Å². The highest BCUT2D eigenvalue weighted by Gasteiger charge is 2.33. The zero-order valence-electron chi connectivity index (χ0n) is 12.1. The van der Waals surface area contributed by atoms with Gasteiger partial charge >= 0.3 is 0 Å². The molecule has 0 spiro atoms. The third-order valence-corrected chi connectivity index (χ3v) is 3.40. The SMILES string of the molecule is NC(=O)c1ccc(NCC2=NC3C(=O)NC(N)=NC3N=C2)cc1. The summed E-state index contributed by atoms with van der Waals surface area (Å²) in [6, 6.07) is 6.04. The summed E-state index contributed by atoms with van der Waals surface area (Å²) in [5.74, 6) is -0.739. The van der Waals surface area contributed by atoms with Crippen molar-refractivity contribution in [3.8, 4) is 0 Å². The van der Waals surface area contributed by atoms with Crippen LogP contribution in [0.15, 0.2) is 39.2 Å². The second-order valence-corrected chi connectivity index (χ2v) is 5.06. The molecule has 2 unspecified atom stereocenters. The summed E-state index contributed by atoms with van der Waals surface area (Å²) in [7, 11) is 0. The Bertz CT molecular complexity index is 736. The van der Waals surface area contributed by atoms with Gasteiger partial charge in [-0.1, -0.05) is 0 Å². The average molecular weight is 313 g/mol. The van der Waals surface area contributed by atoms with Crippen LogP contribution in [-0.2, 0) is 4.79 Å². The number of anilines is 1. The average Bonchev–Trinajstić information content (AvgIpc) is 2.53. The van der Waals surface area contributed by atoms with Crippen molar-refractivity contribution in [1.29, 1.82) is 0 Å². The fourth-order valence-electron chi connectivity index (χ4n) is 2.23. The second kappa shape index (κ2) is 5.87. The molecule has 9 heteroatoms. The van der Waals surface area contributed by atoms with Gasteiger partial charge in [0.1, 0.15) is 0 Å². The van der Waals surface area contributed by atoms with E-state index in [9.17, 15) is 9.59 Å². The number of nitrogens with two attached hydrogens (primary N) is 2. The molecular weight excluding hydrogens is 298 g/mol. The summed E-state index contributed by atoms with van der Waals surface area (Å²) < 4.78 is 0. The van der Waals surface area contributed by atoms with Gasteiger partial charge in [-0.05, 0) is 24.3 Å². The monoisotopic (exact) mass is 313 g/mol. The topological polar surface area (TPSA) is 147 Å². The Morgan fingerprint density at radius 2 is 2.00 bits per heavy atom. The zero-order chi connectivity index (χ0) is 16.4. The molecule has 1 aromatic rings. The largest absolute Gasteiger partial charge is 0.379 e. The van der Waals surface area contributed by atoms with Crippen LogP contribution in [0.4, 0.5) is 5.69 Å². The van der Waals surface area contributed by atoms with E-state index < -0.39 is 18.1 Å². The van der Waals surface area contributed by atoms with Crippen LogP contribution in [0.2, 0.25) is 0 Å². The van der Waals surface area contributed by atoms with E-state index in [1.807, 2.05) is 0 Å². The molecule has 0 saturated heterocycles. The van der Waals surface area contributed by atoms with E-state index in [1.165, 1.54) is 0 Å². The Morgan fingerprint density at radius 1 is 1.26 bits per heavy atom. The molecule has 2 amide bonds. The number of carbonyl (C=O) groups is 2. The lowest BCUT2D eigenvalue weighted by molar-refractivity contribution is -0.121. The van der Waals surface area contributed by atoms with Gasteiger partial charge in [-0.25, -0.2) is 4.99 Å². The number of nitrogens with zero attached hydrogens (tertiary/aromatic N) is 3. The second-order valence-electron chi connectivity index (χ2n) is 5.06. The first kappa shape index (κ1) is 14.7. The number of hydrogen-bond acceptors (Lipinski definition) is 7. The van der Waals surface area contributed by atoms with Gasteiger partial charge in [-0.2, -0.15) is 0 Å². The third kappa shape index (κ3) is 3.18. The first-order valence-corrected chi connectivity index (χ1v) is 6.90. The lowest BCUT2D eigenvalue weighted by Crippen LogP contribution is -2.52. The number of aliphatic imine (C=N–C) groups is 3. The number of hydrogen-bond donors (Lipinski definition) is 4. The molecule has 0 aliphatic carbocycles. The van der Waals surface area contributed by atoms with Gasteiger partial charge in [-0.15, -0.1) is 0 Å². The number of rotatable bonds is 4. The molecule has 0 bridgehead atoms. The molecule has 0 saturated carbocycles. The molecule has 118 valence electrons. The first-order chi connectivity index (χ1) is 11.0. The minimum Gasteiger partial charge on any atom is -0.379 e. The van der Waals surface area contributed by atoms with Crippen molar-refractivity contribution in [2.45, 2.75) is 12.2 Å². The molecule has 0 fully saturated rings. The number of benzene rings is 1. The molecule has 2 heterocycles. The maximum atomic E-state index is 11.8. The van der Waals surface area contributed by atoms with Crippen LogP contribution in [0.1, 0.15) is 10.4 Å². The van der Waals surface area contributed by atoms with Gasteiger partial charge < -0.3 is 16.8 Å². The van der Waals surface area contributed by atoms with E-state index in [-0.39, 0.29) is 11.9 Å². The lowest BCUT2D eigenvalue weighted by atomic mass is 10.1. The van der Waals surface area contributed by atoms with Crippen molar-refractivity contribution in [3.63, 3.8) is 0 Å². The predicted molar refractivity (Wildman–Crippen MR) is 86.7 cm³/mol. The summed E-state index contributed by atoms with van der Waals surface area (Å²) in [5, 5.41) is 5.57. The molecule has 6 N–H and O–H groups in total. The number of guanidine groups is 1. The van der Waals surface area contributed by atoms with Gasteiger partial charge in [0.15, 0.2) is 18.2 Å². The number of fused-ring (bicyclic) bond motifs is 1. The Balaban J connectivity index is 1.65. The van der Waals surface area contributed by atoms with Gasteiger partial charge in [0.25, 0.3) is 5.91 Å². The maximum Gasteiger partial charge on any atom is 0.255 e.